The molecule has 4 N–H and O–H groups in total. The number of fused-ring (bicyclic) bond motifs is 1. The normalized spacial score (nSPS) is 13.3. The first-order valence-corrected chi connectivity index (χ1v) is 10.4. The summed E-state index contributed by atoms with van der Waals surface area (Å²) in [4.78, 5) is 9.12. The van der Waals surface area contributed by atoms with Gasteiger partial charge in [0.1, 0.15) is 0 Å². The SMILES string of the molecule is Cc1ccccc1-c1ccc2nc(N)nc([C@@H](C)Cc3cccc([C@H](C)N)c3)c2c1. The molecule has 0 aliphatic carbocycles. The molecule has 3 aromatic carbocycles. The van der Waals surface area contributed by atoms with Gasteiger partial charge in [-0.1, -0.05) is 61.5 Å². The van der Waals surface area contributed by atoms with E-state index in [0.29, 0.717) is 5.95 Å². The Morgan fingerprint density at radius 1 is 0.900 bits per heavy atom. The van der Waals surface area contributed by atoms with Gasteiger partial charge in [0.05, 0.1) is 11.2 Å². The molecule has 2 atom stereocenters. The lowest BCUT2D eigenvalue weighted by atomic mass is 9.92. The molecule has 4 nitrogen and oxygen atoms in total. The number of benzene rings is 3. The van der Waals surface area contributed by atoms with Crippen molar-refractivity contribution in [1.82, 2.24) is 9.97 Å². The number of aryl methyl sites for hydroxylation is 1. The van der Waals surface area contributed by atoms with Crippen molar-refractivity contribution in [3.05, 3.63) is 89.1 Å². The van der Waals surface area contributed by atoms with Crippen LogP contribution in [0.3, 0.4) is 0 Å². The van der Waals surface area contributed by atoms with E-state index in [1.165, 1.54) is 22.3 Å². The smallest absolute Gasteiger partial charge is 0.220 e. The third kappa shape index (κ3) is 4.05. The Labute approximate surface area is 178 Å². The lowest BCUT2D eigenvalue weighted by Gasteiger charge is -2.16. The van der Waals surface area contributed by atoms with Crippen molar-refractivity contribution < 1.29 is 0 Å². The molecule has 0 radical (unpaired) electrons. The lowest BCUT2D eigenvalue weighted by Crippen LogP contribution is -2.08. The number of nitrogens with two attached hydrogens (primary N) is 2. The highest BCUT2D eigenvalue weighted by Gasteiger charge is 2.16. The third-order valence-corrected chi connectivity index (χ3v) is 5.68. The number of aromatic nitrogens is 2. The fraction of sp³-hybridized carbons (Fsp3) is 0.231. The zero-order valence-corrected chi connectivity index (χ0v) is 17.8. The van der Waals surface area contributed by atoms with E-state index < -0.39 is 0 Å². The van der Waals surface area contributed by atoms with Crippen molar-refractivity contribution in [2.75, 3.05) is 5.73 Å². The van der Waals surface area contributed by atoms with Gasteiger partial charge < -0.3 is 11.5 Å². The molecule has 1 heterocycles. The highest BCUT2D eigenvalue weighted by molar-refractivity contribution is 5.88. The van der Waals surface area contributed by atoms with Crippen LogP contribution in [0.25, 0.3) is 22.0 Å². The van der Waals surface area contributed by atoms with Crippen LogP contribution in [0.4, 0.5) is 5.95 Å². The highest BCUT2D eigenvalue weighted by Crippen LogP contribution is 2.31. The predicted molar refractivity (Wildman–Crippen MR) is 125 cm³/mol. The van der Waals surface area contributed by atoms with Gasteiger partial charge in [-0.05, 0) is 60.2 Å². The minimum atomic E-state index is 0.0208. The standard InChI is InChI=1S/C26H28N4/c1-16-7-4-5-10-22(16)21-11-12-24-23(15-21)25(30-26(28)29-24)17(2)13-19-8-6-9-20(14-19)18(3)27/h4-12,14-15,17-18H,13,27H2,1-3H3,(H2,28,29,30)/t17-,18-/m0/s1. The quantitative estimate of drug-likeness (QED) is 0.463. The van der Waals surface area contributed by atoms with Crippen LogP contribution in [-0.2, 0) is 6.42 Å². The maximum Gasteiger partial charge on any atom is 0.220 e. The van der Waals surface area contributed by atoms with E-state index >= 15 is 0 Å². The molecule has 152 valence electrons. The number of nitrogens with zero attached hydrogens (tertiary/aromatic N) is 2. The molecule has 0 bridgehead atoms. The summed E-state index contributed by atoms with van der Waals surface area (Å²) in [6.07, 6.45) is 0.862. The number of hydrogen-bond donors (Lipinski definition) is 2. The van der Waals surface area contributed by atoms with Gasteiger partial charge in [-0.25, -0.2) is 9.97 Å². The molecule has 4 heteroatoms. The molecular weight excluding hydrogens is 368 g/mol. The van der Waals surface area contributed by atoms with Gasteiger partial charge in [-0.3, -0.25) is 0 Å². The van der Waals surface area contributed by atoms with E-state index in [2.05, 4.69) is 84.5 Å². The summed E-state index contributed by atoms with van der Waals surface area (Å²) in [6, 6.07) is 23.3. The Hall–Kier alpha value is -3.24. The Morgan fingerprint density at radius 2 is 1.70 bits per heavy atom. The molecule has 0 saturated heterocycles. The summed E-state index contributed by atoms with van der Waals surface area (Å²) >= 11 is 0. The molecule has 0 aliphatic rings. The number of nitrogen functional groups attached to an aromatic ring is 1. The van der Waals surface area contributed by atoms with E-state index in [1.807, 2.05) is 13.0 Å². The average Bonchev–Trinajstić information content (AvgIpc) is 2.73. The van der Waals surface area contributed by atoms with Gasteiger partial charge >= 0.3 is 0 Å². The Morgan fingerprint density at radius 3 is 2.47 bits per heavy atom. The summed E-state index contributed by atoms with van der Waals surface area (Å²) < 4.78 is 0. The summed E-state index contributed by atoms with van der Waals surface area (Å²) in [5, 5.41) is 1.06. The van der Waals surface area contributed by atoms with E-state index in [4.69, 9.17) is 11.5 Å². The second-order valence-electron chi connectivity index (χ2n) is 8.15. The largest absolute Gasteiger partial charge is 0.368 e. The molecule has 0 fully saturated rings. The fourth-order valence-electron chi connectivity index (χ4n) is 4.06. The van der Waals surface area contributed by atoms with Crippen molar-refractivity contribution in [3.63, 3.8) is 0 Å². The van der Waals surface area contributed by atoms with Crippen molar-refractivity contribution in [3.8, 4) is 11.1 Å². The van der Waals surface area contributed by atoms with E-state index in [1.54, 1.807) is 0 Å². The van der Waals surface area contributed by atoms with Crippen LogP contribution in [0.5, 0.6) is 0 Å². The van der Waals surface area contributed by atoms with Crippen LogP contribution in [0, 0.1) is 6.92 Å². The van der Waals surface area contributed by atoms with Crippen LogP contribution >= 0.6 is 0 Å². The van der Waals surface area contributed by atoms with Crippen molar-refractivity contribution in [2.45, 2.75) is 39.2 Å². The monoisotopic (exact) mass is 396 g/mol. The zero-order chi connectivity index (χ0) is 21.3. The summed E-state index contributed by atoms with van der Waals surface area (Å²) in [7, 11) is 0. The summed E-state index contributed by atoms with van der Waals surface area (Å²) in [5.74, 6) is 0.505. The molecule has 0 aliphatic heterocycles. The minimum absolute atomic E-state index is 0.0208. The summed E-state index contributed by atoms with van der Waals surface area (Å²) in [6.45, 7) is 6.34. The third-order valence-electron chi connectivity index (χ3n) is 5.68. The molecular formula is C26H28N4. The lowest BCUT2D eigenvalue weighted by molar-refractivity contribution is 0.733. The second kappa shape index (κ2) is 8.25. The molecule has 30 heavy (non-hydrogen) atoms. The Balaban J connectivity index is 1.76. The zero-order valence-electron chi connectivity index (χ0n) is 17.8. The minimum Gasteiger partial charge on any atom is -0.368 e. The first kappa shape index (κ1) is 20.0. The van der Waals surface area contributed by atoms with Gasteiger partial charge in [0.15, 0.2) is 0 Å². The molecule has 4 rings (SSSR count). The molecule has 1 aromatic heterocycles. The Kier molecular flexibility index (Phi) is 5.51. The summed E-state index contributed by atoms with van der Waals surface area (Å²) in [5.41, 5.74) is 20.0. The molecule has 0 unspecified atom stereocenters. The van der Waals surface area contributed by atoms with E-state index in [9.17, 15) is 0 Å². The van der Waals surface area contributed by atoms with Gasteiger partial charge in [0.2, 0.25) is 5.95 Å². The van der Waals surface area contributed by atoms with Crippen LogP contribution < -0.4 is 11.5 Å². The van der Waals surface area contributed by atoms with Gasteiger partial charge in [0, 0.05) is 17.3 Å². The van der Waals surface area contributed by atoms with E-state index in [-0.39, 0.29) is 12.0 Å². The van der Waals surface area contributed by atoms with Crippen molar-refractivity contribution in [1.29, 1.82) is 0 Å². The maximum atomic E-state index is 6.07. The number of rotatable bonds is 5. The van der Waals surface area contributed by atoms with Crippen LogP contribution in [0.15, 0.2) is 66.7 Å². The topological polar surface area (TPSA) is 77.8 Å². The fourth-order valence-corrected chi connectivity index (χ4v) is 4.06. The highest BCUT2D eigenvalue weighted by atomic mass is 15.0. The van der Waals surface area contributed by atoms with Gasteiger partial charge in [-0.15, -0.1) is 0 Å². The van der Waals surface area contributed by atoms with Gasteiger partial charge in [0.25, 0.3) is 0 Å². The molecule has 0 amide bonds. The van der Waals surface area contributed by atoms with Crippen molar-refractivity contribution in [2.24, 2.45) is 5.73 Å². The average molecular weight is 397 g/mol. The second-order valence-corrected chi connectivity index (χ2v) is 8.15. The first-order chi connectivity index (χ1) is 14.4. The van der Waals surface area contributed by atoms with E-state index in [0.717, 1.165) is 28.6 Å². The molecule has 0 spiro atoms. The van der Waals surface area contributed by atoms with Crippen LogP contribution in [0.1, 0.15) is 48.2 Å². The molecule has 0 saturated carbocycles. The van der Waals surface area contributed by atoms with Gasteiger partial charge in [-0.2, -0.15) is 0 Å². The molecule has 4 aromatic rings. The Bertz CT molecular complexity index is 1200. The maximum absolute atomic E-state index is 6.07. The number of anilines is 1. The van der Waals surface area contributed by atoms with Crippen molar-refractivity contribution >= 4 is 16.9 Å². The first-order valence-electron chi connectivity index (χ1n) is 10.4. The predicted octanol–water partition coefficient (Wildman–Crippen LogP) is 5.55. The van der Waals surface area contributed by atoms with Crippen LogP contribution in [-0.4, -0.2) is 9.97 Å². The number of hydrogen-bond acceptors (Lipinski definition) is 4. The van der Waals surface area contributed by atoms with Crippen LogP contribution in [0.2, 0.25) is 0 Å².